The summed E-state index contributed by atoms with van der Waals surface area (Å²) in [4.78, 5) is 0. The largest absolute Gasteiger partial charge is 0.448 e. The van der Waals surface area contributed by atoms with Gasteiger partial charge in [-0.3, -0.25) is 0 Å². The van der Waals surface area contributed by atoms with Crippen LogP contribution in [0.1, 0.15) is 17.4 Å². The fourth-order valence-corrected chi connectivity index (χ4v) is 1.58. The molecule has 2 N–H and O–H groups in total. The number of hydrogen-bond acceptors (Lipinski definition) is 2. The first-order chi connectivity index (χ1) is 8.00. The number of nitrogens with two attached hydrogens (primary N) is 1. The molecule has 0 radical (unpaired) electrons. The van der Waals surface area contributed by atoms with Gasteiger partial charge in [-0.1, -0.05) is 6.07 Å². The molecule has 2 rings (SSSR count). The summed E-state index contributed by atoms with van der Waals surface area (Å²) in [7, 11) is 0. The molecule has 0 fully saturated rings. The molecule has 17 heavy (non-hydrogen) atoms. The fourth-order valence-electron chi connectivity index (χ4n) is 1.43. The van der Waals surface area contributed by atoms with Crippen LogP contribution in [-0.4, -0.2) is 0 Å². The zero-order chi connectivity index (χ0) is 12.6. The van der Waals surface area contributed by atoms with Gasteiger partial charge in [0.15, 0.2) is 22.7 Å². The highest BCUT2D eigenvalue weighted by Gasteiger charge is 2.21. The van der Waals surface area contributed by atoms with Gasteiger partial charge in [0.25, 0.3) is 0 Å². The monoisotopic (exact) mass is 261 g/mol. The second-order valence-corrected chi connectivity index (χ2v) is 3.76. The van der Waals surface area contributed by atoms with Gasteiger partial charge in [-0.25, -0.2) is 13.2 Å². The van der Waals surface area contributed by atoms with E-state index in [0.29, 0.717) is 0 Å². The number of rotatable bonds is 2. The van der Waals surface area contributed by atoms with Gasteiger partial charge in [-0.15, -0.1) is 0 Å². The molecule has 0 spiro atoms. The predicted octanol–water partition coefficient (Wildman–Crippen LogP) is 3.40. The van der Waals surface area contributed by atoms with Crippen LogP contribution in [0.15, 0.2) is 28.7 Å². The molecular formula is C11H7ClF3NO. The topological polar surface area (TPSA) is 39.2 Å². The molecule has 0 saturated heterocycles. The minimum atomic E-state index is -1.56. The zero-order valence-electron chi connectivity index (χ0n) is 8.38. The maximum atomic E-state index is 13.4. The molecule has 1 unspecified atom stereocenters. The molecule has 90 valence electrons. The lowest BCUT2D eigenvalue weighted by Gasteiger charge is -2.10. The van der Waals surface area contributed by atoms with Gasteiger partial charge in [0.2, 0.25) is 0 Å². The highest BCUT2D eigenvalue weighted by Crippen LogP contribution is 2.27. The summed E-state index contributed by atoms with van der Waals surface area (Å²) in [6, 6.07) is 3.69. The molecule has 2 nitrogen and oxygen atoms in total. The lowest BCUT2D eigenvalue weighted by atomic mass is 10.0. The fraction of sp³-hybridized carbons (Fsp3) is 0.0909. The van der Waals surface area contributed by atoms with E-state index in [0.717, 1.165) is 12.1 Å². The highest BCUT2D eigenvalue weighted by atomic mass is 35.5. The van der Waals surface area contributed by atoms with Crippen LogP contribution >= 0.6 is 11.6 Å². The Morgan fingerprint density at radius 2 is 1.76 bits per heavy atom. The highest BCUT2D eigenvalue weighted by molar-refractivity contribution is 6.28. The Morgan fingerprint density at radius 3 is 2.35 bits per heavy atom. The molecule has 0 aliphatic heterocycles. The van der Waals surface area contributed by atoms with Gasteiger partial charge in [0.1, 0.15) is 5.76 Å². The van der Waals surface area contributed by atoms with Crippen molar-refractivity contribution in [3.8, 4) is 0 Å². The molecule has 1 atom stereocenters. The zero-order valence-corrected chi connectivity index (χ0v) is 9.14. The maximum Gasteiger partial charge on any atom is 0.194 e. The van der Waals surface area contributed by atoms with Crippen molar-refractivity contribution < 1.29 is 17.6 Å². The number of benzene rings is 1. The molecule has 1 heterocycles. The average molecular weight is 262 g/mol. The van der Waals surface area contributed by atoms with E-state index in [-0.39, 0.29) is 16.5 Å². The number of halogens is 4. The summed E-state index contributed by atoms with van der Waals surface area (Å²) < 4.78 is 44.2. The standard InChI is InChI=1S/C11H7ClF3NO/c12-8-4-3-7(17-8)11(16)5-1-2-6(13)10(15)9(5)14/h1-4,11H,16H2. The van der Waals surface area contributed by atoms with Gasteiger partial charge in [-0.2, -0.15) is 0 Å². The molecule has 0 aliphatic rings. The van der Waals surface area contributed by atoms with Crippen LogP contribution in [-0.2, 0) is 0 Å². The van der Waals surface area contributed by atoms with E-state index in [4.69, 9.17) is 21.8 Å². The van der Waals surface area contributed by atoms with Crippen molar-refractivity contribution in [2.75, 3.05) is 0 Å². The summed E-state index contributed by atoms with van der Waals surface area (Å²) >= 11 is 5.54. The van der Waals surface area contributed by atoms with Crippen LogP contribution in [0.4, 0.5) is 13.2 Å². The molecule has 2 aromatic rings. The summed E-state index contributed by atoms with van der Waals surface area (Å²) in [6.45, 7) is 0. The third-order valence-corrected chi connectivity index (χ3v) is 2.50. The minimum absolute atomic E-state index is 0.0819. The Kier molecular flexibility index (Phi) is 3.13. The van der Waals surface area contributed by atoms with Crippen molar-refractivity contribution in [2.45, 2.75) is 6.04 Å². The lowest BCUT2D eigenvalue weighted by Crippen LogP contribution is -2.14. The maximum absolute atomic E-state index is 13.4. The molecule has 1 aromatic carbocycles. The SMILES string of the molecule is NC(c1ccc(Cl)o1)c1ccc(F)c(F)c1F. The third-order valence-electron chi connectivity index (χ3n) is 2.30. The van der Waals surface area contributed by atoms with Crippen molar-refractivity contribution >= 4 is 11.6 Å². The smallest absolute Gasteiger partial charge is 0.194 e. The first kappa shape index (κ1) is 12.0. The van der Waals surface area contributed by atoms with E-state index in [1.807, 2.05) is 0 Å². The van der Waals surface area contributed by atoms with Crippen molar-refractivity contribution in [1.29, 1.82) is 0 Å². The molecule has 0 amide bonds. The first-order valence-electron chi connectivity index (χ1n) is 4.65. The van der Waals surface area contributed by atoms with Gasteiger partial charge >= 0.3 is 0 Å². The Labute approximate surface area is 99.8 Å². The normalized spacial score (nSPS) is 12.8. The van der Waals surface area contributed by atoms with Crippen LogP contribution in [0.25, 0.3) is 0 Å². The molecule has 6 heteroatoms. The van der Waals surface area contributed by atoms with E-state index in [1.165, 1.54) is 12.1 Å². The van der Waals surface area contributed by atoms with Gasteiger partial charge < -0.3 is 10.2 Å². The molecule has 0 saturated carbocycles. The Hall–Kier alpha value is -1.46. The first-order valence-corrected chi connectivity index (χ1v) is 5.02. The van der Waals surface area contributed by atoms with Crippen molar-refractivity contribution in [3.05, 3.63) is 58.3 Å². The molecular weight excluding hydrogens is 255 g/mol. The number of hydrogen-bond donors (Lipinski definition) is 1. The van der Waals surface area contributed by atoms with Gasteiger partial charge in [-0.05, 0) is 29.8 Å². The second kappa shape index (κ2) is 4.43. The van der Waals surface area contributed by atoms with Crippen LogP contribution in [0, 0.1) is 17.5 Å². The predicted molar refractivity (Wildman–Crippen MR) is 56.1 cm³/mol. The van der Waals surface area contributed by atoms with E-state index in [2.05, 4.69) is 0 Å². The Bertz CT molecular complexity index is 556. The summed E-state index contributed by atoms with van der Waals surface area (Å²) in [6.07, 6.45) is 0. The van der Waals surface area contributed by atoms with Gasteiger partial charge in [0, 0.05) is 5.56 Å². The third kappa shape index (κ3) is 2.16. The summed E-state index contributed by atoms with van der Waals surface area (Å²) in [5.41, 5.74) is 5.47. The van der Waals surface area contributed by atoms with Crippen LogP contribution in [0.2, 0.25) is 5.22 Å². The van der Waals surface area contributed by atoms with Crippen molar-refractivity contribution in [1.82, 2.24) is 0 Å². The van der Waals surface area contributed by atoms with E-state index in [1.54, 1.807) is 0 Å². The lowest BCUT2D eigenvalue weighted by molar-refractivity contribution is 0.429. The summed E-state index contributed by atoms with van der Waals surface area (Å²) in [5.74, 6) is -3.99. The molecule has 1 aromatic heterocycles. The minimum Gasteiger partial charge on any atom is -0.448 e. The van der Waals surface area contributed by atoms with Gasteiger partial charge in [0.05, 0.1) is 6.04 Å². The van der Waals surface area contributed by atoms with Crippen LogP contribution in [0.5, 0.6) is 0 Å². The van der Waals surface area contributed by atoms with Crippen molar-refractivity contribution in [2.24, 2.45) is 5.73 Å². The van der Waals surface area contributed by atoms with Crippen molar-refractivity contribution in [3.63, 3.8) is 0 Å². The number of furan rings is 1. The average Bonchev–Trinajstić information content (AvgIpc) is 2.72. The van der Waals surface area contributed by atoms with Crippen LogP contribution in [0.3, 0.4) is 0 Å². The van der Waals surface area contributed by atoms with E-state index < -0.39 is 23.5 Å². The second-order valence-electron chi connectivity index (χ2n) is 3.38. The Morgan fingerprint density at radius 1 is 1.06 bits per heavy atom. The van der Waals surface area contributed by atoms with E-state index >= 15 is 0 Å². The molecule has 0 aliphatic carbocycles. The quantitative estimate of drug-likeness (QED) is 0.842. The van der Waals surface area contributed by atoms with E-state index in [9.17, 15) is 13.2 Å². The Balaban J connectivity index is 2.44. The molecule has 0 bridgehead atoms. The summed E-state index contributed by atoms with van der Waals surface area (Å²) in [5, 5.41) is 0.0819. The van der Waals surface area contributed by atoms with Crippen LogP contribution < -0.4 is 5.73 Å².